The van der Waals surface area contributed by atoms with Gasteiger partial charge in [0.05, 0.1) is 25.6 Å². The number of rotatable bonds is 21. The molecule has 0 aliphatic carbocycles. The number of allylic oxidation sites excluding steroid dienone is 2. The number of carboxylic acid groups (broad SMARTS) is 1. The van der Waals surface area contributed by atoms with E-state index in [0.717, 1.165) is 26.1 Å². The van der Waals surface area contributed by atoms with Crippen molar-refractivity contribution in [2.24, 2.45) is 4.99 Å². The van der Waals surface area contributed by atoms with Gasteiger partial charge in [-0.3, -0.25) is 4.99 Å². The maximum atomic E-state index is 10.4. The van der Waals surface area contributed by atoms with E-state index in [1.165, 1.54) is 89.3 Å². The molecule has 0 radical (unpaired) electrons. The molecule has 174 valence electrons. The summed E-state index contributed by atoms with van der Waals surface area (Å²) in [6.07, 6.45) is 23.0. The summed E-state index contributed by atoms with van der Waals surface area (Å²) >= 11 is 0. The fraction of sp³-hybridized carbons (Fsp3) is 0.840. The summed E-state index contributed by atoms with van der Waals surface area (Å²) in [4.78, 5) is 17.3. The van der Waals surface area contributed by atoms with Crippen molar-refractivity contribution in [1.29, 1.82) is 0 Å². The molecule has 1 aliphatic heterocycles. The van der Waals surface area contributed by atoms with Crippen LogP contribution in [0.3, 0.4) is 0 Å². The van der Waals surface area contributed by atoms with E-state index in [0.29, 0.717) is 6.61 Å². The molecule has 0 atom stereocenters. The van der Waals surface area contributed by atoms with Crippen LogP contribution in [-0.2, 0) is 9.53 Å². The van der Waals surface area contributed by atoms with Crippen LogP contribution in [0.4, 0.5) is 0 Å². The van der Waals surface area contributed by atoms with Crippen molar-refractivity contribution >= 4 is 11.8 Å². The van der Waals surface area contributed by atoms with Crippen molar-refractivity contribution in [3.8, 4) is 0 Å². The molecule has 5 nitrogen and oxygen atoms in total. The number of unbranched alkanes of at least 4 members (excludes halogenated alkanes) is 11. The Morgan fingerprint density at radius 2 is 1.58 bits per heavy atom. The minimum atomic E-state index is -1.05. The van der Waals surface area contributed by atoms with Crippen molar-refractivity contribution in [2.45, 2.75) is 103 Å². The van der Waals surface area contributed by atoms with Crippen LogP contribution < -0.4 is 34.7 Å². The smallest absolute Gasteiger partial charge is 0.550 e. The van der Waals surface area contributed by atoms with Crippen molar-refractivity contribution in [3.63, 3.8) is 0 Å². The third kappa shape index (κ3) is 18.9. The van der Waals surface area contributed by atoms with Crippen LogP contribution in [0.2, 0.25) is 0 Å². The summed E-state index contributed by atoms with van der Waals surface area (Å²) in [6, 6.07) is 0. The summed E-state index contributed by atoms with van der Waals surface area (Å²) in [5.74, 6) is 0.152. The van der Waals surface area contributed by atoms with E-state index < -0.39 is 5.97 Å². The Labute approximate surface area is 213 Å². The first-order chi connectivity index (χ1) is 14.7. The first kappa shape index (κ1) is 30.6. The zero-order valence-corrected chi connectivity index (χ0v) is 22.4. The van der Waals surface area contributed by atoms with Gasteiger partial charge in [-0.25, -0.2) is 0 Å². The number of carbonyl (C=O) groups is 1. The Morgan fingerprint density at radius 3 is 2.23 bits per heavy atom. The van der Waals surface area contributed by atoms with Crippen LogP contribution in [-0.4, -0.2) is 49.6 Å². The summed E-state index contributed by atoms with van der Waals surface area (Å²) in [6.45, 7) is 5.70. The molecule has 1 rings (SSSR count). The molecule has 0 bridgehead atoms. The normalized spacial score (nSPS) is 13.6. The van der Waals surface area contributed by atoms with Crippen LogP contribution in [0.15, 0.2) is 17.1 Å². The molecule has 0 amide bonds. The van der Waals surface area contributed by atoms with E-state index in [1.807, 2.05) is 0 Å². The molecule has 0 fully saturated rings. The van der Waals surface area contributed by atoms with Crippen molar-refractivity contribution in [2.75, 3.05) is 32.8 Å². The number of carbonyl (C=O) groups excluding carboxylic acids is 1. The van der Waals surface area contributed by atoms with Gasteiger partial charge in [-0.15, -0.1) is 0 Å². The van der Waals surface area contributed by atoms with Crippen LogP contribution in [0.25, 0.3) is 0 Å². The van der Waals surface area contributed by atoms with E-state index in [4.69, 9.17) is 4.74 Å². The summed E-state index contributed by atoms with van der Waals surface area (Å²) in [5.41, 5.74) is 0. The second kappa shape index (κ2) is 22.8. The van der Waals surface area contributed by atoms with Gasteiger partial charge in [-0.2, -0.15) is 0 Å². The van der Waals surface area contributed by atoms with Gasteiger partial charge in [0.2, 0.25) is 0 Å². The predicted octanol–water partition coefficient (Wildman–Crippen LogP) is 1.90. The number of amidine groups is 1. The quantitative estimate of drug-likeness (QED) is 0.154. The van der Waals surface area contributed by atoms with Gasteiger partial charge < -0.3 is 19.5 Å². The zero-order valence-electron chi connectivity index (χ0n) is 20.4. The van der Waals surface area contributed by atoms with Gasteiger partial charge in [0.25, 0.3) is 0 Å². The first-order valence-corrected chi connectivity index (χ1v) is 12.4. The number of nitrogens with zero attached hydrogens (tertiary/aromatic N) is 2. The molecule has 0 N–H and O–H groups in total. The van der Waals surface area contributed by atoms with Crippen LogP contribution >= 0.6 is 0 Å². The van der Waals surface area contributed by atoms with Crippen molar-refractivity contribution in [3.05, 3.63) is 12.2 Å². The molecule has 0 aromatic heterocycles. The minimum Gasteiger partial charge on any atom is -0.550 e. The van der Waals surface area contributed by atoms with Gasteiger partial charge in [-0.1, -0.05) is 70.4 Å². The second-order valence-corrected chi connectivity index (χ2v) is 8.35. The second-order valence-electron chi connectivity index (χ2n) is 8.35. The van der Waals surface area contributed by atoms with E-state index in [2.05, 4.69) is 29.0 Å². The number of hydrogen-bond donors (Lipinski definition) is 0. The summed E-state index contributed by atoms with van der Waals surface area (Å²) < 4.78 is 5.36. The van der Waals surface area contributed by atoms with Crippen LogP contribution in [0, 0.1) is 0 Å². The van der Waals surface area contributed by atoms with Crippen LogP contribution in [0.1, 0.15) is 103 Å². The number of ether oxygens (including phenoxy) is 1. The van der Waals surface area contributed by atoms with E-state index in [-0.39, 0.29) is 42.6 Å². The maximum Gasteiger partial charge on any atom is 1.00 e. The van der Waals surface area contributed by atoms with Gasteiger partial charge in [0, 0.05) is 31.9 Å². The summed E-state index contributed by atoms with van der Waals surface area (Å²) in [7, 11) is 0. The molecular weight excluding hydrogens is 399 g/mol. The SMILES string of the molecule is CCCCCCCCC=CCCCCCCCC1=NCCN1CCOCCC(=O)[O-].[Na+]. The Bertz CT molecular complexity index is 483. The van der Waals surface area contributed by atoms with Crippen molar-refractivity contribution < 1.29 is 44.2 Å². The zero-order chi connectivity index (χ0) is 21.7. The number of aliphatic imine (C=N–C) groups is 1. The fourth-order valence-corrected chi connectivity index (χ4v) is 3.79. The maximum absolute atomic E-state index is 10.4. The molecule has 6 heteroatoms. The van der Waals surface area contributed by atoms with Gasteiger partial charge >= 0.3 is 29.6 Å². The molecule has 0 aromatic rings. The Hall–Kier alpha value is -0.360. The average molecular weight is 445 g/mol. The minimum absolute atomic E-state index is 0. The topological polar surface area (TPSA) is 65.0 Å². The number of aliphatic carboxylic acids is 1. The third-order valence-corrected chi connectivity index (χ3v) is 5.65. The monoisotopic (exact) mass is 444 g/mol. The third-order valence-electron chi connectivity index (χ3n) is 5.65. The first-order valence-electron chi connectivity index (χ1n) is 12.4. The Morgan fingerprint density at radius 1 is 0.968 bits per heavy atom. The molecule has 1 aliphatic rings. The van der Waals surface area contributed by atoms with Gasteiger partial charge in [0.15, 0.2) is 0 Å². The Balaban J connectivity index is 0.00000900. The molecular formula is C25H45N2NaO3. The molecule has 0 unspecified atom stereocenters. The molecule has 0 aromatic carbocycles. The van der Waals surface area contributed by atoms with E-state index in [1.54, 1.807) is 0 Å². The van der Waals surface area contributed by atoms with Crippen molar-refractivity contribution in [1.82, 2.24) is 4.90 Å². The van der Waals surface area contributed by atoms with Gasteiger partial charge in [0.1, 0.15) is 0 Å². The molecule has 0 spiro atoms. The number of carboxylic acids is 1. The Kier molecular flexibility index (Phi) is 22.6. The fourth-order valence-electron chi connectivity index (χ4n) is 3.79. The molecule has 31 heavy (non-hydrogen) atoms. The molecule has 0 saturated heterocycles. The van der Waals surface area contributed by atoms with E-state index >= 15 is 0 Å². The largest absolute Gasteiger partial charge is 1.00 e. The predicted molar refractivity (Wildman–Crippen MR) is 124 cm³/mol. The summed E-state index contributed by atoms with van der Waals surface area (Å²) in [5, 5.41) is 10.4. The number of hydrogen-bond acceptors (Lipinski definition) is 5. The van der Waals surface area contributed by atoms with Gasteiger partial charge in [-0.05, 0) is 32.1 Å². The van der Waals surface area contributed by atoms with E-state index in [9.17, 15) is 9.90 Å². The molecule has 1 heterocycles. The molecule has 0 saturated carbocycles. The van der Waals surface area contributed by atoms with Crippen LogP contribution in [0.5, 0.6) is 0 Å². The average Bonchev–Trinajstić information content (AvgIpc) is 3.17. The standard InChI is InChI=1S/C25H46N2O3.Na/c1-2-3-4-5-6-7-8-9-10-11-12-13-14-15-16-17-24-26-19-20-27(24)21-23-30-22-18-25(28)29;/h9-10H,2-8,11-23H2,1H3,(H,28,29);/q;+1/p-1.